The predicted octanol–water partition coefficient (Wildman–Crippen LogP) is 3.79. The summed E-state index contributed by atoms with van der Waals surface area (Å²) in [6, 6.07) is 14.2. The Labute approximate surface area is 209 Å². The maximum absolute atomic E-state index is 10.4. The molecule has 194 valence electrons. The predicted molar refractivity (Wildman–Crippen MR) is 137 cm³/mol. The minimum Gasteiger partial charge on any atom is -0.493 e. The normalized spacial score (nSPS) is 18.7. The van der Waals surface area contributed by atoms with Gasteiger partial charge in [0.2, 0.25) is 0 Å². The summed E-state index contributed by atoms with van der Waals surface area (Å²) >= 11 is 0. The second kappa shape index (κ2) is 14.9. The van der Waals surface area contributed by atoms with E-state index in [1.807, 2.05) is 42.5 Å². The molecule has 7 heteroatoms. The average Bonchev–Trinajstić information content (AvgIpc) is 2.90. The number of nitrogens with one attached hydrogen (secondary N) is 1. The zero-order valence-electron chi connectivity index (χ0n) is 21.3. The third-order valence-corrected chi connectivity index (χ3v) is 6.45. The van der Waals surface area contributed by atoms with Gasteiger partial charge in [-0.15, -0.1) is 0 Å². The molecule has 0 amide bonds. The Hall–Kier alpha value is -2.32. The number of aliphatic hydroxyl groups excluding tert-OH is 1. The van der Waals surface area contributed by atoms with E-state index in [2.05, 4.69) is 5.32 Å². The molecule has 2 aromatic carbocycles. The van der Waals surface area contributed by atoms with Gasteiger partial charge >= 0.3 is 0 Å². The molecule has 0 heterocycles. The fourth-order valence-electron chi connectivity index (χ4n) is 4.41. The molecule has 0 aliphatic heterocycles. The van der Waals surface area contributed by atoms with E-state index < -0.39 is 6.10 Å². The molecule has 35 heavy (non-hydrogen) atoms. The van der Waals surface area contributed by atoms with Crippen LogP contribution in [0.4, 0.5) is 0 Å². The Kier molecular flexibility index (Phi) is 11.6. The van der Waals surface area contributed by atoms with E-state index in [1.165, 1.54) is 18.4 Å². The summed E-state index contributed by atoms with van der Waals surface area (Å²) in [5, 5.41) is 14.0. The molecule has 1 saturated carbocycles. The first-order valence-corrected chi connectivity index (χ1v) is 12.6. The molecule has 0 spiro atoms. The van der Waals surface area contributed by atoms with Gasteiger partial charge in [-0.05, 0) is 61.1 Å². The van der Waals surface area contributed by atoms with Crippen LogP contribution in [-0.4, -0.2) is 71.1 Å². The number of rotatable bonds is 15. The minimum absolute atomic E-state index is 0.150. The second-order valence-corrected chi connectivity index (χ2v) is 9.00. The van der Waals surface area contributed by atoms with Crippen LogP contribution < -0.4 is 19.5 Å². The van der Waals surface area contributed by atoms with Crippen LogP contribution >= 0.6 is 0 Å². The lowest BCUT2D eigenvalue weighted by Gasteiger charge is -2.33. The largest absolute Gasteiger partial charge is 0.493 e. The first-order valence-electron chi connectivity index (χ1n) is 12.6. The summed E-state index contributed by atoms with van der Waals surface area (Å²) < 4.78 is 27.9. The Balaban J connectivity index is 1.39. The molecule has 2 aromatic rings. The summed E-state index contributed by atoms with van der Waals surface area (Å²) in [7, 11) is 4.99. The first-order chi connectivity index (χ1) is 17.1. The second-order valence-electron chi connectivity index (χ2n) is 9.00. The van der Waals surface area contributed by atoms with Gasteiger partial charge in [-0.3, -0.25) is 0 Å². The molecule has 0 aromatic heterocycles. The van der Waals surface area contributed by atoms with Gasteiger partial charge in [-0.25, -0.2) is 0 Å². The zero-order valence-corrected chi connectivity index (χ0v) is 21.3. The van der Waals surface area contributed by atoms with Crippen molar-refractivity contribution >= 4 is 0 Å². The molecule has 0 saturated heterocycles. The number of ether oxygens (including phenoxy) is 5. The van der Waals surface area contributed by atoms with E-state index in [4.69, 9.17) is 23.7 Å². The van der Waals surface area contributed by atoms with Crippen LogP contribution in [0.3, 0.4) is 0 Å². The minimum atomic E-state index is -0.586. The highest BCUT2D eigenvalue weighted by Crippen LogP contribution is 2.28. The molecule has 7 nitrogen and oxygen atoms in total. The van der Waals surface area contributed by atoms with Crippen LogP contribution in [0.25, 0.3) is 0 Å². The first kappa shape index (κ1) is 27.3. The fraction of sp³-hybridized carbons (Fsp3) is 0.571. The van der Waals surface area contributed by atoms with Crippen LogP contribution in [0.2, 0.25) is 0 Å². The Morgan fingerprint density at radius 1 is 0.886 bits per heavy atom. The van der Waals surface area contributed by atoms with Crippen LogP contribution in [0.1, 0.15) is 36.8 Å². The molecule has 0 radical (unpaired) electrons. The number of benzene rings is 2. The molecule has 1 fully saturated rings. The molecule has 1 aliphatic carbocycles. The van der Waals surface area contributed by atoms with Gasteiger partial charge in [0.15, 0.2) is 11.5 Å². The van der Waals surface area contributed by atoms with Crippen molar-refractivity contribution in [1.82, 2.24) is 5.32 Å². The highest BCUT2D eigenvalue weighted by molar-refractivity contribution is 5.42. The van der Waals surface area contributed by atoms with Crippen molar-refractivity contribution in [1.29, 1.82) is 0 Å². The SMILES string of the molecule is COCCc1ccc(OC[C@@H](O)CN[C@@H]2CCCC[C@H]2OCCc2ccc(OC)c(OC)c2)cc1. The highest BCUT2D eigenvalue weighted by atomic mass is 16.5. The summed E-state index contributed by atoms with van der Waals surface area (Å²) in [5.41, 5.74) is 2.36. The summed E-state index contributed by atoms with van der Waals surface area (Å²) in [5.74, 6) is 2.23. The smallest absolute Gasteiger partial charge is 0.160 e. The van der Waals surface area contributed by atoms with Crippen molar-refractivity contribution in [2.24, 2.45) is 0 Å². The van der Waals surface area contributed by atoms with E-state index >= 15 is 0 Å². The van der Waals surface area contributed by atoms with E-state index in [1.54, 1.807) is 21.3 Å². The Bertz CT molecular complexity index is 859. The van der Waals surface area contributed by atoms with Crippen LogP contribution in [0.5, 0.6) is 17.2 Å². The van der Waals surface area contributed by atoms with E-state index in [9.17, 15) is 5.11 Å². The molecule has 1 aliphatic rings. The maximum Gasteiger partial charge on any atom is 0.160 e. The molecular formula is C28H41NO6. The van der Waals surface area contributed by atoms with Crippen molar-refractivity contribution < 1.29 is 28.8 Å². The van der Waals surface area contributed by atoms with Crippen LogP contribution in [0.15, 0.2) is 42.5 Å². The van der Waals surface area contributed by atoms with Crippen molar-refractivity contribution in [3.63, 3.8) is 0 Å². The molecule has 0 unspecified atom stereocenters. The quantitative estimate of drug-likeness (QED) is 0.396. The van der Waals surface area contributed by atoms with E-state index in [0.717, 1.165) is 48.5 Å². The van der Waals surface area contributed by atoms with Gasteiger partial charge in [-0.2, -0.15) is 0 Å². The molecular weight excluding hydrogens is 446 g/mol. The van der Waals surface area contributed by atoms with Crippen LogP contribution in [-0.2, 0) is 22.3 Å². The van der Waals surface area contributed by atoms with E-state index in [-0.39, 0.29) is 18.8 Å². The number of hydrogen-bond acceptors (Lipinski definition) is 7. The van der Waals surface area contributed by atoms with Gasteiger partial charge in [0.1, 0.15) is 18.5 Å². The average molecular weight is 488 g/mol. The lowest BCUT2D eigenvalue weighted by molar-refractivity contribution is 0.00183. The monoisotopic (exact) mass is 487 g/mol. The summed E-state index contributed by atoms with van der Waals surface area (Å²) in [4.78, 5) is 0. The Morgan fingerprint density at radius 2 is 1.60 bits per heavy atom. The van der Waals surface area contributed by atoms with Crippen molar-refractivity contribution in [2.45, 2.75) is 56.8 Å². The summed E-state index contributed by atoms with van der Waals surface area (Å²) in [6.45, 7) is 2.07. The maximum atomic E-state index is 10.4. The lowest BCUT2D eigenvalue weighted by Crippen LogP contribution is -2.47. The summed E-state index contributed by atoms with van der Waals surface area (Å²) in [6.07, 6.45) is 5.69. The van der Waals surface area contributed by atoms with Crippen molar-refractivity contribution in [3.05, 3.63) is 53.6 Å². The van der Waals surface area contributed by atoms with Gasteiger partial charge < -0.3 is 34.1 Å². The van der Waals surface area contributed by atoms with Crippen molar-refractivity contribution in [3.8, 4) is 17.2 Å². The standard InChI is InChI=1S/C28H41NO6/c1-31-16-14-21-8-11-24(12-9-21)35-20-23(30)19-29-25-6-4-5-7-26(25)34-17-15-22-10-13-27(32-2)28(18-22)33-3/h8-13,18,23,25-26,29-30H,4-7,14-17,19-20H2,1-3H3/t23-,25+,26+/m0/s1. The Morgan fingerprint density at radius 3 is 2.34 bits per heavy atom. The molecule has 3 atom stereocenters. The number of aliphatic hydroxyl groups is 1. The van der Waals surface area contributed by atoms with Crippen molar-refractivity contribution in [2.75, 3.05) is 47.7 Å². The van der Waals surface area contributed by atoms with Gasteiger partial charge in [0.05, 0.1) is 33.5 Å². The molecule has 3 rings (SSSR count). The fourth-order valence-corrected chi connectivity index (χ4v) is 4.41. The third-order valence-electron chi connectivity index (χ3n) is 6.45. The number of methoxy groups -OCH3 is 3. The van der Waals surface area contributed by atoms with Crippen LogP contribution in [0, 0.1) is 0 Å². The number of hydrogen-bond donors (Lipinski definition) is 2. The molecule has 0 bridgehead atoms. The van der Waals surface area contributed by atoms with Gasteiger partial charge in [-0.1, -0.05) is 31.0 Å². The third kappa shape index (κ3) is 9.00. The van der Waals surface area contributed by atoms with Gasteiger partial charge in [0, 0.05) is 19.7 Å². The highest BCUT2D eigenvalue weighted by Gasteiger charge is 2.26. The zero-order chi connectivity index (χ0) is 24.9. The van der Waals surface area contributed by atoms with Gasteiger partial charge in [0.25, 0.3) is 0 Å². The molecule has 2 N–H and O–H groups in total. The van der Waals surface area contributed by atoms with E-state index in [0.29, 0.717) is 19.8 Å². The topological polar surface area (TPSA) is 78.4 Å². The lowest BCUT2D eigenvalue weighted by atomic mass is 9.92.